The van der Waals surface area contributed by atoms with Crippen LogP contribution in [0.1, 0.15) is 37.3 Å². The van der Waals surface area contributed by atoms with Crippen LogP contribution in [-0.2, 0) is 16.1 Å². The van der Waals surface area contributed by atoms with Gasteiger partial charge in [0.05, 0.1) is 7.11 Å². The lowest BCUT2D eigenvalue weighted by atomic mass is 9.82. The SMILES string of the molecule is COc1ccc(-c2ccc3n(c2=O)C[C@@H]2C[C@@H]3CN(C(=O)CCCC(=O)O)C2)cc1. The number of amides is 1. The summed E-state index contributed by atoms with van der Waals surface area (Å²) in [6.45, 7) is 1.82. The Morgan fingerprint density at radius 2 is 1.83 bits per heavy atom. The number of carboxylic acid groups (broad SMARTS) is 1. The van der Waals surface area contributed by atoms with Gasteiger partial charge in [0.15, 0.2) is 0 Å². The van der Waals surface area contributed by atoms with Crippen LogP contribution in [0, 0.1) is 5.92 Å². The van der Waals surface area contributed by atoms with Gasteiger partial charge in [0.25, 0.3) is 5.56 Å². The van der Waals surface area contributed by atoms with E-state index >= 15 is 0 Å². The molecule has 2 atom stereocenters. The number of methoxy groups -OCH3 is 1. The predicted octanol–water partition coefficient (Wildman–Crippen LogP) is 2.72. The van der Waals surface area contributed by atoms with Crippen molar-refractivity contribution in [3.63, 3.8) is 0 Å². The molecule has 1 aromatic heterocycles. The molecule has 1 fully saturated rings. The first-order valence-electron chi connectivity index (χ1n) is 10.3. The maximum Gasteiger partial charge on any atom is 0.303 e. The summed E-state index contributed by atoms with van der Waals surface area (Å²) in [5.74, 6) is 0.261. The molecule has 7 nitrogen and oxygen atoms in total. The number of benzene rings is 1. The molecule has 0 aliphatic carbocycles. The van der Waals surface area contributed by atoms with Crippen molar-refractivity contribution in [3.8, 4) is 16.9 Å². The molecule has 0 unspecified atom stereocenters. The maximum atomic E-state index is 13.2. The number of hydrogen-bond donors (Lipinski definition) is 1. The molecule has 2 aliphatic rings. The third-order valence-corrected chi connectivity index (χ3v) is 6.14. The lowest BCUT2D eigenvalue weighted by molar-refractivity contribution is -0.137. The number of carbonyl (C=O) groups is 2. The fourth-order valence-corrected chi connectivity index (χ4v) is 4.69. The summed E-state index contributed by atoms with van der Waals surface area (Å²) >= 11 is 0. The zero-order valence-electron chi connectivity index (χ0n) is 17.0. The minimum Gasteiger partial charge on any atom is -0.497 e. The molecule has 1 amide bonds. The highest BCUT2D eigenvalue weighted by atomic mass is 16.5. The molecule has 0 radical (unpaired) electrons. The second-order valence-electron chi connectivity index (χ2n) is 8.16. The number of ether oxygens (including phenoxy) is 1. The molecule has 1 saturated heterocycles. The molecular formula is C23H26N2O5. The number of nitrogens with zero attached hydrogens (tertiary/aromatic N) is 2. The first kappa shape index (κ1) is 20.2. The van der Waals surface area contributed by atoms with E-state index in [2.05, 4.69) is 0 Å². The van der Waals surface area contributed by atoms with Crippen molar-refractivity contribution in [1.29, 1.82) is 0 Å². The Labute approximate surface area is 174 Å². The van der Waals surface area contributed by atoms with Gasteiger partial charge in [-0.2, -0.15) is 0 Å². The van der Waals surface area contributed by atoms with E-state index in [1.165, 1.54) is 0 Å². The van der Waals surface area contributed by atoms with Gasteiger partial charge in [-0.3, -0.25) is 14.4 Å². The van der Waals surface area contributed by atoms with Gasteiger partial charge in [0.2, 0.25) is 5.91 Å². The molecule has 1 N–H and O–H groups in total. The van der Waals surface area contributed by atoms with Crippen LogP contribution in [0.2, 0.25) is 0 Å². The van der Waals surface area contributed by atoms with Gasteiger partial charge in [0.1, 0.15) is 5.75 Å². The summed E-state index contributed by atoms with van der Waals surface area (Å²) in [6.07, 6.45) is 1.61. The zero-order chi connectivity index (χ0) is 21.3. The number of piperidine rings is 1. The molecule has 2 bridgehead atoms. The Morgan fingerprint density at radius 1 is 1.07 bits per heavy atom. The number of aromatic nitrogens is 1. The monoisotopic (exact) mass is 410 g/mol. The fourth-order valence-electron chi connectivity index (χ4n) is 4.69. The van der Waals surface area contributed by atoms with Crippen molar-refractivity contribution in [2.45, 2.75) is 38.1 Å². The normalized spacial score (nSPS) is 19.8. The molecule has 2 aliphatic heterocycles. The highest BCUT2D eigenvalue weighted by Crippen LogP contribution is 2.36. The van der Waals surface area contributed by atoms with E-state index in [4.69, 9.17) is 9.84 Å². The van der Waals surface area contributed by atoms with Crippen molar-refractivity contribution in [3.05, 3.63) is 52.4 Å². The summed E-state index contributed by atoms with van der Waals surface area (Å²) in [5.41, 5.74) is 2.52. The molecule has 0 spiro atoms. The fraction of sp³-hybridized carbons (Fsp3) is 0.435. The predicted molar refractivity (Wildman–Crippen MR) is 112 cm³/mol. The highest BCUT2D eigenvalue weighted by Gasteiger charge is 2.36. The van der Waals surface area contributed by atoms with Crippen molar-refractivity contribution < 1.29 is 19.4 Å². The Bertz CT molecular complexity index is 1010. The average Bonchev–Trinajstić information content (AvgIpc) is 2.74. The van der Waals surface area contributed by atoms with Crippen LogP contribution < -0.4 is 10.3 Å². The molecule has 2 aromatic rings. The van der Waals surface area contributed by atoms with Gasteiger partial charge in [0, 0.05) is 49.7 Å². The van der Waals surface area contributed by atoms with Crippen LogP contribution in [0.4, 0.5) is 0 Å². The number of hydrogen-bond acceptors (Lipinski definition) is 4. The topological polar surface area (TPSA) is 88.8 Å². The second kappa shape index (κ2) is 8.34. The molecule has 158 valence electrons. The van der Waals surface area contributed by atoms with Gasteiger partial charge < -0.3 is 19.3 Å². The summed E-state index contributed by atoms with van der Waals surface area (Å²) in [4.78, 5) is 38.3. The highest BCUT2D eigenvalue weighted by molar-refractivity contribution is 5.77. The number of fused-ring (bicyclic) bond motifs is 4. The minimum absolute atomic E-state index is 0.00796. The molecule has 30 heavy (non-hydrogen) atoms. The third-order valence-electron chi connectivity index (χ3n) is 6.14. The summed E-state index contributed by atoms with van der Waals surface area (Å²) in [7, 11) is 1.61. The Morgan fingerprint density at radius 3 is 2.53 bits per heavy atom. The standard InChI is InChI=1S/C23H26N2O5/c1-30-18-7-5-16(6-8-18)19-9-10-20-17-11-15(13-25(20)23(19)29)12-24(14-17)21(26)3-2-4-22(27)28/h5-10,15,17H,2-4,11-14H2,1H3,(H,27,28)/t15-,17-/m1/s1. The first-order chi connectivity index (χ1) is 14.5. The molecule has 0 saturated carbocycles. The van der Waals surface area contributed by atoms with Crippen LogP contribution in [0.3, 0.4) is 0 Å². The van der Waals surface area contributed by atoms with Crippen LogP contribution in [-0.4, -0.2) is 46.6 Å². The minimum atomic E-state index is -0.876. The van der Waals surface area contributed by atoms with Crippen molar-refractivity contribution >= 4 is 11.9 Å². The summed E-state index contributed by atoms with van der Waals surface area (Å²) in [6, 6.07) is 11.4. The van der Waals surface area contributed by atoms with E-state index in [0.717, 1.165) is 23.4 Å². The van der Waals surface area contributed by atoms with Gasteiger partial charge in [-0.15, -0.1) is 0 Å². The Kier molecular flexibility index (Phi) is 5.61. The Hall–Kier alpha value is -3.09. The molecule has 1 aromatic carbocycles. The van der Waals surface area contributed by atoms with Gasteiger partial charge in [-0.25, -0.2) is 0 Å². The summed E-state index contributed by atoms with van der Waals surface area (Å²) in [5, 5.41) is 8.77. The van der Waals surface area contributed by atoms with Crippen molar-refractivity contribution in [1.82, 2.24) is 9.47 Å². The van der Waals surface area contributed by atoms with Crippen LogP contribution in [0.15, 0.2) is 41.2 Å². The number of carboxylic acids is 1. The van der Waals surface area contributed by atoms with Crippen molar-refractivity contribution in [2.24, 2.45) is 5.92 Å². The zero-order valence-corrected chi connectivity index (χ0v) is 17.0. The van der Waals surface area contributed by atoms with Crippen LogP contribution >= 0.6 is 0 Å². The van der Waals surface area contributed by atoms with Crippen LogP contribution in [0.25, 0.3) is 11.1 Å². The van der Waals surface area contributed by atoms with Crippen LogP contribution in [0.5, 0.6) is 5.75 Å². The third kappa shape index (κ3) is 3.97. The van der Waals surface area contributed by atoms with Gasteiger partial charge in [-0.05, 0) is 48.6 Å². The first-order valence-corrected chi connectivity index (χ1v) is 10.3. The van der Waals surface area contributed by atoms with E-state index in [1.54, 1.807) is 7.11 Å². The van der Waals surface area contributed by atoms with Gasteiger partial charge >= 0.3 is 5.97 Å². The quantitative estimate of drug-likeness (QED) is 0.791. The maximum absolute atomic E-state index is 13.2. The average molecular weight is 410 g/mol. The molecule has 7 heteroatoms. The van der Waals surface area contributed by atoms with E-state index in [1.807, 2.05) is 45.9 Å². The number of rotatable bonds is 6. The van der Waals surface area contributed by atoms with Crippen molar-refractivity contribution in [2.75, 3.05) is 20.2 Å². The molecule has 3 heterocycles. The van der Waals surface area contributed by atoms with Gasteiger partial charge in [-0.1, -0.05) is 12.1 Å². The number of aliphatic carboxylic acids is 1. The second-order valence-corrected chi connectivity index (χ2v) is 8.16. The number of likely N-dealkylation sites (tertiary alicyclic amines) is 1. The number of pyridine rings is 1. The van der Waals surface area contributed by atoms with E-state index in [-0.39, 0.29) is 36.1 Å². The molecule has 4 rings (SSSR count). The lowest BCUT2D eigenvalue weighted by Gasteiger charge is -2.43. The Balaban J connectivity index is 1.54. The summed E-state index contributed by atoms with van der Waals surface area (Å²) < 4.78 is 7.08. The van der Waals surface area contributed by atoms with E-state index < -0.39 is 5.97 Å². The number of carbonyl (C=O) groups excluding carboxylic acids is 1. The smallest absolute Gasteiger partial charge is 0.303 e. The van der Waals surface area contributed by atoms with E-state index in [9.17, 15) is 14.4 Å². The molecular weight excluding hydrogens is 384 g/mol. The largest absolute Gasteiger partial charge is 0.497 e. The van der Waals surface area contributed by atoms with E-state index in [0.29, 0.717) is 31.6 Å². The lowest BCUT2D eigenvalue weighted by Crippen LogP contribution is -2.49.